The maximum absolute atomic E-state index is 13.0. The molecule has 4 heterocycles. The minimum atomic E-state index is -1.24. The van der Waals surface area contributed by atoms with Crippen LogP contribution < -0.4 is 11.1 Å². The van der Waals surface area contributed by atoms with E-state index in [1.54, 1.807) is 19.9 Å². The molecule has 37 heavy (non-hydrogen) atoms. The van der Waals surface area contributed by atoms with Crippen molar-refractivity contribution < 1.29 is 24.3 Å². The number of nitrogen functional groups attached to an aromatic ring is 1. The Hall–Kier alpha value is -3.51. The first-order chi connectivity index (χ1) is 17.7. The lowest BCUT2D eigenvalue weighted by atomic mass is 10.0. The monoisotopic (exact) mass is 566 g/mol. The van der Waals surface area contributed by atoms with Crippen molar-refractivity contribution >= 4 is 63.7 Å². The number of nitrogens with zero attached hydrogens (tertiary/aromatic N) is 8. The first-order valence-corrected chi connectivity index (χ1v) is 13.6. The van der Waals surface area contributed by atoms with Gasteiger partial charge in [0.2, 0.25) is 16.7 Å². The van der Waals surface area contributed by atoms with E-state index < -0.39 is 29.2 Å². The number of β-lactam (4-membered cyclic amide) rings is 1. The Morgan fingerprint density at radius 2 is 2.24 bits per heavy atom. The molecule has 2 atom stereocenters. The lowest BCUT2D eigenvalue weighted by Gasteiger charge is -2.49. The molecular weight excluding hydrogens is 544 g/mol. The highest BCUT2D eigenvalue weighted by Gasteiger charge is 2.54. The number of anilines is 1. The van der Waals surface area contributed by atoms with E-state index in [1.165, 1.54) is 33.1 Å². The van der Waals surface area contributed by atoms with Crippen LogP contribution in [-0.2, 0) is 25.8 Å². The smallest absolute Gasteiger partial charge is 0.352 e. The van der Waals surface area contributed by atoms with Crippen molar-refractivity contribution in [2.24, 2.45) is 5.16 Å². The normalized spacial score (nSPS) is 19.5. The summed E-state index contributed by atoms with van der Waals surface area (Å²) in [6.45, 7) is 7.51. The number of hydrogen-bond acceptors (Lipinski definition) is 14. The van der Waals surface area contributed by atoms with Crippen LogP contribution in [0.3, 0.4) is 0 Å². The van der Waals surface area contributed by atoms with Gasteiger partial charge < -0.3 is 21.0 Å². The van der Waals surface area contributed by atoms with Crippen molar-refractivity contribution in [2.75, 3.05) is 17.2 Å². The minimum absolute atomic E-state index is 0.0372. The van der Waals surface area contributed by atoms with Crippen molar-refractivity contribution in [2.45, 2.75) is 43.1 Å². The summed E-state index contributed by atoms with van der Waals surface area (Å²) in [6, 6.07) is -0.971. The molecule has 0 radical (unpaired) electrons. The quantitative estimate of drug-likeness (QED) is 0.107. The van der Waals surface area contributed by atoms with E-state index in [0.717, 1.165) is 11.5 Å². The number of carbonyl (C=O) groups is 3. The van der Waals surface area contributed by atoms with Crippen LogP contribution in [0.25, 0.3) is 0 Å². The van der Waals surface area contributed by atoms with Gasteiger partial charge in [-0.1, -0.05) is 23.0 Å². The molecule has 2 aromatic rings. The molecule has 0 spiro atoms. The molecule has 4 N–H and O–H groups in total. The van der Waals surface area contributed by atoms with E-state index in [9.17, 15) is 19.5 Å². The standard InChI is InChI=1S/C19H22N10O5S3/c1-4-5-28-19(23-26-27-28)36-7-9-6-35-16-11(15(31)29(16)12(9)17(32)33)21-14(30)10(24-34-8(2)3)13-22-18(20)37-25-13/h4,8,11,16H,1,5-7H2,2-3H3,(H,21,30)(H,32,33)(H2,20,22,25)/b24-10-/t11?,16-/m1/s1. The number of hydrogen-bond donors (Lipinski definition) is 3. The van der Waals surface area contributed by atoms with E-state index in [4.69, 9.17) is 10.6 Å². The van der Waals surface area contributed by atoms with Gasteiger partial charge in [0.1, 0.15) is 23.2 Å². The highest BCUT2D eigenvalue weighted by Crippen LogP contribution is 2.41. The lowest BCUT2D eigenvalue weighted by molar-refractivity contribution is -0.150. The number of aromatic nitrogens is 6. The largest absolute Gasteiger partial charge is 0.477 e. The fraction of sp³-hybridized carbons (Fsp3) is 0.421. The number of carboxylic acid groups (broad SMARTS) is 1. The summed E-state index contributed by atoms with van der Waals surface area (Å²) in [4.78, 5) is 48.5. The zero-order valence-electron chi connectivity index (χ0n) is 19.6. The Labute approximate surface area is 222 Å². The highest BCUT2D eigenvalue weighted by molar-refractivity contribution is 8.01. The van der Waals surface area contributed by atoms with Crippen LogP contribution in [0, 0.1) is 0 Å². The number of carboxylic acids is 1. The molecule has 2 aliphatic heterocycles. The molecule has 2 aromatic heterocycles. The fourth-order valence-electron chi connectivity index (χ4n) is 3.37. The van der Waals surface area contributed by atoms with Gasteiger partial charge in [0, 0.05) is 23.0 Å². The third-order valence-electron chi connectivity index (χ3n) is 4.94. The molecule has 0 aromatic carbocycles. The van der Waals surface area contributed by atoms with Gasteiger partial charge >= 0.3 is 5.97 Å². The second kappa shape index (κ2) is 11.3. The molecule has 0 bridgehead atoms. The molecule has 18 heteroatoms. The Balaban J connectivity index is 1.49. The van der Waals surface area contributed by atoms with Crippen LogP contribution in [0.2, 0.25) is 0 Å². The molecule has 0 saturated carbocycles. The Morgan fingerprint density at radius 3 is 2.89 bits per heavy atom. The lowest BCUT2D eigenvalue weighted by Crippen LogP contribution is -2.71. The maximum atomic E-state index is 13.0. The molecule has 4 rings (SSSR count). The summed E-state index contributed by atoms with van der Waals surface area (Å²) >= 11 is 3.48. The number of nitrogens with one attached hydrogen (secondary N) is 1. The van der Waals surface area contributed by atoms with E-state index in [0.29, 0.717) is 23.0 Å². The van der Waals surface area contributed by atoms with Gasteiger partial charge in [0.05, 0.1) is 6.54 Å². The third-order valence-corrected chi connectivity index (χ3v) is 7.86. The second-order valence-electron chi connectivity index (χ2n) is 7.89. The fourth-order valence-corrected chi connectivity index (χ4v) is 6.17. The van der Waals surface area contributed by atoms with E-state index >= 15 is 0 Å². The first kappa shape index (κ1) is 26.6. The number of fused-ring (bicyclic) bond motifs is 1. The summed E-state index contributed by atoms with van der Waals surface area (Å²) < 4.78 is 5.53. The minimum Gasteiger partial charge on any atom is -0.477 e. The molecular formula is C19H22N10O5S3. The zero-order valence-corrected chi connectivity index (χ0v) is 22.0. The average Bonchev–Trinajstić information content (AvgIpc) is 3.49. The van der Waals surface area contributed by atoms with Gasteiger partial charge in [-0.05, 0) is 29.8 Å². The van der Waals surface area contributed by atoms with Crippen molar-refractivity contribution in [1.82, 2.24) is 39.8 Å². The molecule has 1 unspecified atom stereocenters. The summed E-state index contributed by atoms with van der Waals surface area (Å²) in [5.74, 6) is -1.98. The number of carbonyl (C=O) groups excluding carboxylic acids is 2. The number of nitrogens with two attached hydrogens (primary N) is 1. The average molecular weight is 567 g/mol. The van der Waals surface area contributed by atoms with Gasteiger partial charge in [0.25, 0.3) is 11.8 Å². The van der Waals surface area contributed by atoms with Gasteiger partial charge in [-0.2, -0.15) is 9.36 Å². The van der Waals surface area contributed by atoms with E-state index in [-0.39, 0.29) is 34.2 Å². The number of rotatable bonds is 11. The van der Waals surface area contributed by atoms with Crippen molar-refractivity contribution in [3.63, 3.8) is 0 Å². The Morgan fingerprint density at radius 1 is 1.46 bits per heavy atom. The van der Waals surface area contributed by atoms with Crippen LogP contribution in [0.1, 0.15) is 19.7 Å². The molecule has 2 aliphatic rings. The number of oxime groups is 1. The number of thioether (sulfide) groups is 2. The van der Waals surface area contributed by atoms with Crippen LogP contribution in [0.15, 0.2) is 34.2 Å². The predicted molar refractivity (Wildman–Crippen MR) is 136 cm³/mol. The predicted octanol–water partition coefficient (Wildman–Crippen LogP) is -0.0472. The van der Waals surface area contributed by atoms with Crippen LogP contribution >= 0.6 is 35.1 Å². The number of allylic oxidation sites excluding steroid dienone is 1. The summed E-state index contributed by atoms with van der Waals surface area (Å²) in [6.07, 6.45) is 1.32. The Kier molecular flexibility index (Phi) is 8.08. The highest BCUT2D eigenvalue weighted by atomic mass is 32.2. The van der Waals surface area contributed by atoms with Crippen molar-refractivity contribution in [3.05, 3.63) is 29.7 Å². The first-order valence-electron chi connectivity index (χ1n) is 10.7. The molecule has 1 saturated heterocycles. The third kappa shape index (κ3) is 5.59. The summed E-state index contributed by atoms with van der Waals surface area (Å²) in [7, 11) is 0. The number of tetrazole rings is 1. The summed E-state index contributed by atoms with van der Waals surface area (Å²) in [5, 5.41) is 27.8. The van der Waals surface area contributed by atoms with Gasteiger partial charge in [-0.15, -0.1) is 23.4 Å². The molecule has 1 fully saturated rings. The SMILES string of the molecule is C=CCn1nnnc1SCC1=C(C(=O)O)N2C(=O)C(NC(=O)/C(=N\OC(C)C)c3nsc(N)n3)[C@H]2SC1. The van der Waals surface area contributed by atoms with Crippen LogP contribution in [0.5, 0.6) is 0 Å². The van der Waals surface area contributed by atoms with Crippen LogP contribution in [0.4, 0.5) is 5.13 Å². The molecule has 15 nitrogen and oxygen atoms in total. The molecule has 196 valence electrons. The second-order valence-corrected chi connectivity index (χ2v) is 10.7. The molecule has 0 aliphatic carbocycles. The number of aliphatic carboxylic acids is 1. The summed E-state index contributed by atoms with van der Waals surface area (Å²) in [5.41, 5.74) is 5.82. The van der Waals surface area contributed by atoms with Crippen molar-refractivity contribution in [3.8, 4) is 0 Å². The van der Waals surface area contributed by atoms with Gasteiger partial charge in [-0.3, -0.25) is 14.5 Å². The Bertz CT molecular complexity index is 1290. The van der Waals surface area contributed by atoms with Gasteiger partial charge in [-0.25, -0.2) is 9.48 Å². The zero-order chi connectivity index (χ0) is 26.7. The van der Waals surface area contributed by atoms with E-state index in [2.05, 4.69) is 41.9 Å². The maximum Gasteiger partial charge on any atom is 0.352 e. The van der Waals surface area contributed by atoms with Crippen LogP contribution in [-0.4, -0.2) is 92.1 Å². The van der Waals surface area contributed by atoms with Gasteiger partial charge in [0.15, 0.2) is 5.13 Å². The molecule has 2 amide bonds. The van der Waals surface area contributed by atoms with Crippen molar-refractivity contribution in [1.29, 1.82) is 0 Å². The topological polar surface area (TPSA) is 204 Å². The number of amides is 2. The van der Waals surface area contributed by atoms with E-state index in [1.807, 2.05) is 0 Å².